The average molecular weight is 436 g/mol. The van der Waals surface area contributed by atoms with E-state index >= 15 is 0 Å². The Hall–Kier alpha value is -2.98. The van der Waals surface area contributed by atoms with E-state index in [1.807, 2.05) is 41.3 Å². The maximum atomic E-state index is 13.4. The van der Waals surface area contributed by atoms with Gasteiger partial charge in [0.2, 0.25) is 0 Å². The van der Waals surface area contributed by atoms with Gasteiger partial charge < -0.3 is 4.90 Å². The molecule has 0 unspecified atom stereocenters. The Kier molecular flexibility index (Phi) is 5.22. The highest BCUT2D eigenvalue weighted by atomic mass is 79.9. The number of nitrogens with zero attached hydrogens (tertiary/aromatic N) is 1. The quantitative estimate of drug-likeness (QED) is 0.315. The minimum absolute atomic E-state index is 0.298. The molecule has 4 aromatic rings. The second-order valence-electron chi connectivity index (χ2n) is 6.35. The van der Waals surface area contributed by atoms with E-state index in [0.29, 0.717) is 0 Å². The van der Waals surface area contributed by atoms with Gasteiger partial charge in [0.25, 0.3) is 0 Å². The molecule has 0 heterocycles. The van der Waals surface area contributed by atoms with Gasteiger partial charge >= 0.3 is 0 Å². The fourth-order valence-electron chi connectivity index (χ4n) is 3.10. The van der Waals surface area contributed by atoms with Crippen LogP contribution in [-0.4, -0.2) is 0 Å². The second-order valence-corrected chi connectivity index (χ2v) is 7.26. The molecule has 0 atom stereocenters. The lowest BCUT2D eigenvalue weighted by atomic mass is 10.0. The van der Waals surface area contributed by atoms with Crippen LogP contribution in [0.1, 0.15) is 0 Å². The third-order valence-corrected chi connectivity index (χ3v) is 4.95. The van der Waals surface area contributed by atoms with Gasteiger partial charge in [0.1, 0.15) is 11.6 Å². The van der Waals surface area contributed by atoms with Gasteiger partial charge in [-0.3, -0.25) is 0 Å². The molecule has 138 valence electrons. The molecule has 0 bridgehead atoms. The standard InChI is InChI=1S/C24H16BrF2N/c25-19-3-1-2-18(16-19)17-4-10-22(11-5-17)28(23-12-6-20(26)7-13-23)24-14-8-21(27)9-15-24/h1-16H. The smallest absolute Gasteiger partial charge is 0.123 e. The molecule has 0 aromatic heterocycles. The van der Waals surface area contributed by atoms with E-state index in [1.54, 1.807) is 24.3 Å². The summed E-state index contributed by atoms with van der Waals surface area (Å²) in [5.41, 5.74) is 4.68. The Balaban J connectivity index is 1.76. The molecule has 28 heavy (non-hydrogen) atoms. The first kappa shape index (κ1) is 18.4. The molecule has 4 heteroatoms. The summed E-state index contributed by atoms with van der Waals surface area (Å²) in [5, 5.41) is 0. The summed E-state index contributed by atoms with van der Waals surface area (Å²) in [6.07, 6.45) is 0. The largest absolute Gasteiger partial charge is 0.310 e. The van der Waals surface area contributed by atoms with E-state index in [1.165, 1.54) is 24.3 Å². The van der Waals surface area contributed by atoms with Gasteiger partial charge in [-0.05, 0) is 83.9 Å². The monoisotopic (exact) mass is 435 g/mol. The van der Waals surface area contributed by atoms with Crippen molar-refractivity contribution in [2.75, 3.05) is 4.90 Å². The molecule has 1 nitrogen and oxygen atoms in total. The number of benzene rings is 4. The maximum Gasteiger partial charge on any atom is 0.123 e. The van der Waals surface area contributed by atoms with Gasteiger partial charge in [-0.1, -0.05) is 40.2 Å². The van der Waals surface area contributed by atoms with Gasteiger partial charge in [-0.25, -0.2) is 8.78 Å². The van der Waals surface area contributed by atoms with Crippen LogP contribution in [0.2, 0.25) is 0 Å². The molecular formula is C24H16BrF2N. The van der Waals surface area contributed by atoms with E-state index in [2.05, 4.69) is 28.1 Å². The lowest BCUT2D eigenvalue weighted by Gasteiger charge is -2.25. The summed E-state index contributed by atoms with van der Waals surface area (Å²) in [7, 11) is 0. The van der Waals surface area contributed by atoms with Crippen molar-refractivity contribution in [3.63, 3.8) is 0 Å². The van der Waals surface area contributed by atoms with Crippen LogP contribution in [0, 0.1) is 11.6 Å². The average Bonchev–Trinajstić information content (AvgIpc) is 2.72. The van der Waals surface area contributed by atoms with Crippen LogP contribution in [0.5, 0.6) is 0 Å². The predicted molar refractivity (Wildman–Crippen MR) is 114 cm³/mol. The number of hydrogen-bond acceptors (Lipinski definition) is 1. The highest BCUT2D eigenvalue weighted by Crippen LogP contribution is 2.35. The van der Waals surface area contributed by atoms with E-state index in [4.69, 9.17) is 0 Å². The molecule has 0 aliphatic rings. The van der Waals surface area contributed by atoms with Gasteiger partial charge in [0.05, 0.1) is 0 Å². The molecule has 0 radical (unpaired) electrons. The molecule has 0 fully saturated rings. The maximum absolute atomic E-state index is 13.4. The fraction of sp³-hybridized carbons (Fsp3) is 0. The van der Waals surface area contributed by atoms with Crippen molar-refractivity contribution in [3.05, 3.63) is 113 Å². The fourth-order valence-corrected chi connectivity index (χ4v) is 3.50. The molecule has 0 N–H and O–H groups in total. The third kappa shape index (κ3) is 3.97. The van der Waals surface area contributed by atoms with E-state index in [0.717, 1.165) is 32.7 Å². The SMILES string of the molecule is Fc1ccc(N(c2ccc(F)cc2)c2ccc(-c3cccc(Br)c3)cc2)cc1. The van der Waals surface area contributed by atoms with Crippen LogP contribution < -0.4 is 4.90 Å². The zero-order valence-corrected chi connectivity index (χ0v) is 16.4. The summed E-state index contributed by atoms with van der Waals surface area (Å²) in [4.78, 5) is 1.96. The number of halogens is 3. The summed E-state index contributed by atoms with van der Waals surface area (Å²) >= 11 is 3.50. The molecule has 4 rings (SSSR count). The van der Waals surface area contributed by atoms with Gasteiger partial charge in [0.15, 0.2) is 0 Å². The van der Waals surface area contributed by atoms with Crippen molar-refractivity contribution in [2.24, 2.45) is 0 Å². The Bertz CT molecular complexity index is 1030. The molecule has 4 aromatic carbocycles. The zero-order valence-electron chi connectivity index (χ0n) is 14.8. The Morgan fingerprint density at radius 3 is 1.46 bits per heavy atom. The number of rotatable bonds is 4. The van der Waals surface area contributed by atoms with Gasteiger partial charge in [-0.2, -0.15) is 0 Å². The first-order valence-corrected chi connectivity index (χ1v) is 9.57. The summed E-state index contributed by atoms with van der Waals surface area (Å²) < 4.78 is 27.8. The molecule has 0 saturated carbocycles. The van der Waals surface area contributed by atoms with Crippen LogP contribution in [0.4, 0.5) is 25.8 Å². The van der Waals surface area contributed by atoms with Crippen molar-refractivity contribution >= 4 is 33.0 Å². The van der Waals surface area contributed by atoms with Crippen LogP contribution in [0.15, 0.2) is 102 Å². The lowest BCUT2D eigenvalue weighted by Crippen LogP contribution is -2.09. The van der Waals surface area contributed by atoms with Crippen molar-refractivity contribution in [1.82, 2.24) is 0 Å². The van der Waals surface area contributed by atoms with Gasteiger partial charge in [0, 0.05) is 21.5 Å². The molecule has 0 spiro atoms. The van der Waals surface area contributed by atoms with Gasteiger partial charge in [-0.15, -0.1) is 0 Å². The van der Waals surface area contributed by atoms with Crippen LogP contribution in [0.25, 0.3) is 11.1 Å². The zero-order chi connectivity index (χ0) is 19.5. The summed E-state index contributed by atoms with van der Waals surface area (Å²) in [5.74, 6) is -0.597. The van der Waals surface area contributed by atoms with Crippen LogP contribution in [0.3, 0.4) is 0 Å². The highest BCUT2D eigenvalue weighted by Gasteiger charge is 2.13. The molecular weight excluding hydrogens is 420 g/mol. The number of anilines is 3. The number of hydrogen-bond donors (Lipinski definition) is 0. The molecule has 0 amide bonds. The van der Waals surface area contributed by atoms with Crippen molar-refractivity contribution in [1.29, 1.82) is 0 Å². The normalized spacial score (nSPS) is 10.7. The third-order valence-electron chi connectivity index (χ3n) is 4.45. The van der Waals surface area contributed by atoms with Crippen LogP contribution >= 0.6 is 15.9 Å². The first-order chi connectivity index (χ1) is 13.6. The molecule has 0 saturated heterocycles. The minimum Gasteiger partial charge on any atom is -0.310 e. The Morgan fingerprint density at radius 2 is 1.00 bits per heavy atom. The first-order valence-electron chi connectivity index (χ1n) is 8.77. The predicted octanol–water partition coefficient (Wildman–Crippen LogP) is 7.86. The Morgan fingerprint density at radius 1 is 0.536 bits per heavy atom. The van der Waals surface area contributed by atoms with E-state index in [9.17, 15) is 8.78 Å². The topological polar surface area (TPSA) is 3.24 Å². The summed E-state index contributed by atoms with van der Waals surface area (Å²) in [6, 6.07) is 28.7. The second kappa shape index (κ2) is 7.95. The minimum atomic E-state index is -0.298. The van der Waals surface area contributed by atoms with E-state index < -0.39 is 0 Å². The summed E-state index contributed by atoms with van der Waals surface area (Å²) in [6.45, 7) is 0. The van der Waals surface area contributed by atoms with Crippen molar-refractivity contribution in [3.8, 4) is 11.1 Å². The molecule has 0 aliphatic heterocycles. The van der Waals surface area contributed by atoms with Crippen LogP contribution in [-0.2, 0) is 0 Å². The van der Waals surface area contributed by atoms with E-state index in [-0.39, 0.29) is 11.6 Å². The van der Waals surface area contributed by atoms with Crippen molar-refractivity contribution < 1.29 is 8.78 Å². The highest BCUT2D eigenvalue weighted by molar-refractivity contribution is 9.10. The van der Waals surface area contributed by atoms with Crippen molar-refractivity contribution in [2.45, 2.75) is 0 Å². The Labute approximate surface area is 171 Å². The molecule has 0 aliphatic carbocycles. The lowest BCUT2D eigenvalue weighted by molar-refractivity contribution is 0.628.